The Labute approximate surface area is 139 Å². The molecule has 1 atom stereocenters. The van der Waals surface area contributed by atoms with Gasteiger partial charge in [-0.3, -0.25) is 14.5 Å². The minimum absolute atomic E-state index is 0.0436. The van der Waals surface area contributed by atoms with E-state index in [-0.39, 0.29) is 17.9 Å². The zero-order valence-corrected chi connectivity index (χ0v) is 13.5. The van der Waals surface area contributed by atoms with E-state index in [1.54, 1.807) is 23.1 Å². The summed E-state index contributed by atoms with van der Waals surface area (Å²) >= 11 is 11.9. The summed E-state index contributed by atoms with van der Waals surface area (Å²) in [5.41, 5.74) is 0.504. The number of carbonyl (C=O) groups is 2. The van der Waals surface area contributed by atoms with Crippen LogP contribution in [0.25, 0.3) is 0 Å². The molecule has 5 nitrogen and oxygen atoms in total. The molecule has 2 heterocycles. The predicted molar refractivity (Wildman–Crippen MR) is 85.4 cm³/mol. The fraction of sp³-hybridized carbons (Fsp3) is 0.467. The number of piperazine rings is 1. The molecule has 2 saturated heterocycles. The topological polar surface area (TPSA) is 52.7 Å². The molecule has 0 aromatic heterocycles. The van der Waals surface area contributed by atoms with Crippen LogP contribution in [0.5, 0.6) is 0 Å². The van der Waals surface area contributed by atoms with Crippen molar-refractivity contribution >= 4 is 35.0 Å². The van der Waals surface area contributed by atoms with Crippen LogP contribution in [0.15, 0.2) is 18.2 Å². The summed E-state index contributed by atoms with van der Waals surface area (Å²) in [7, 11) is 0. The number of rotatable bonds is 2. The quantitative estimate of drug-likeness (QED) is 0.889. The second-order valence-electron chi connectivity index (χ2n) is 5.58. The number of halogens is 2. The third kappa shape index (κ3) is 3.21. The molecule has 1 aromatic carbocycles. The van der Waals surface area contributed by atoms with Gasteiger partial charge in [-0.1, -0.05) is 23.2 Å². The molecule has 7 heteroatoms. The summed E-state index contributed by atoms with van der Waals surface area (Å²) < 4.78 is 0. The lowest BCUT2D eigenvalue weighted by molar-refractivity contribution is -0.124. The van der Waals surface area contributed by atoms with Crippen LogP contribution in [0.4, 0.5) is 0 Å². The van der Waals surface area contributed by atoms with Gasteiger partial charge < -0.3 is 10.2 Å². The minimum Gasteiger partial charge on any atom is -0.355 e. The van der Waals surface area contributed by atoms with Crippen molar-refractivity contribution in [2.24, 2.45) is 0 Å². The summed E-state index contributed by atoms with van der Waals surface area (Å²) in [6.07, 6.45) is 0.844. The van der Waals surface area contributed by atoms with Gasteiger partial charge in [-0.2, -0.15) is 0 Å². The Morgan fingerprint density at radius 2 is 1.73 bits per heavy atom. The molecule has 118 valence electrons. The van der Waals surface area contributed by atoms with Gasteiger partial charge in [-0.05, 0) is 24.6 Å². The summed E-state index contributed by atoms with van der Waals surface area (Å²) in [6.45, 7) is 3.36. The van der Waals surface area contributed by atoms with E-state index in [4.69, 9.17) is 23.2 Å². The molecule has 2 amide bonds. The highest BCUT2D eigenvalue weighted by molar-refractivity contribution is 6.35. The standard InChI is InChI=1S/C15H17Cl2N3O2/c16-11-7-10(8-12(17)9-11)15(22)20-5-3-19(4-6-20)13-1-2-18-14(13)21/h7-9,13H,1-6H2,(H,18,21)/t13-/m1/s1. The highest BCUT2D eigenvalue weighted by atomic mass is 35.5. The zero-order chi connectivity index (χ0) is 15.7. The van der Waals surface area contributed by atoms with Crippen LogP contribution < -0.4 is 5.32 Å². The van der Waals surface area contributed by atoms with Crippen LogP contribution in [-0.4, -0.2) is 60.4 Å². The largest absolute Gasteiger partial charge is 0.355 e. The molecule has 2 aliphatic heterocycles. The molecule has 2 fully saturated rings. The van der Waals surface area contributed by atoms with Gasteiger partial charge in [0.05, 0.1) is 6.04 Å². The Bertz CT molecular complexity index is 580. The Kier molecular flexibility index (Phi) is 4.57. The summed E-state index contributed by atoms with van der Waals surface area (Å²) in [6, 6.07) is 4.83. The van der Waals surface area contributed by atoms with Gasteiger partial charge in [0.1, 0.15) is 0 Å². The lowest BCUT2D eigenvalue weighted by atomic mass is 10.1. The number of benzene rings is 1. The van der Waals surface area contributed by atoms with Crippen molar-refractivity contribution in [1.29, 1.82) is 0 Å². The fourth-order valence-electron chi connectivity index (χ4n) is 3.03. The molecule has 3 rings (SSSR count). The molecule has 0 aliphatic carbocycles. The maximum atomic E-state index is 12.5. The van der Waals surface area contributed by atoms with E-state index in [2.05, 4.69) is 10.2 Å². The Morgan fingerprint density at radius 1 is 1.09 bits per heavy atom. The first-order valence-electron chi connectivity index (χ1n) is 7.32. The lowest BCUT2D eigenvalue weighted by Gasteiger charge is -2.37. The van der Waals surface area contributed by atoms with Crippen LogP contribution in [0.1, 0.15) is 16.8 Å². The number of hydrogen-bond acceptors (Lipinski definition) is 3. The van der Waals surface area contributed by atoms with Gasteiger partial charge in [0.15, 0.2) is 0 Å². The molecule has 0 saturated carbocycles. The monoisotopic (exact) mass is 341 g/mol. The van der Waals surface area contributed by atoms with Crippen molar-refractivity contribution in [2.75, 3.05) is 32.7 Å². The number of hydrogen-bond donors (Lipinski definition) is 1. The Morgan fingerprint density at radius 3 is 2.27 bits per heavy atom. The lowest BCUT2D eigenvalue weighted by Crippen LogP contribution is -2.53. The summed E-state index contributed by atoms with van der Waals surface area (Å²) in [5.74, 6) is 0.0290. The maximum Gasteiger partial charge on any atom is 0.254 e. The SMILES string of the molecule is O=C1NCC[C@H]1N1CCN(C(=O)c2cc(Cl)cc(Cl)c2)CC1. The van der Waals surface area contributed by atoms with Crippen molar-refractivity contribution < 1.29 is 9.59 Å². The predicted octanol–water partition coefficient (Wildman–Crippen LogP) is 1.64. The molecule has 0 radical (unpaired) electrons. The average Bonchev–Trinajstić information content (AvgIpc) is 2.92. The molecule has 22 heavy (non-hydrogen) atoms. The molecular formula is C15H17Cl2N3O2. The van der Waals surface area contributed by atoms with Crippen LogP contribution in [0, 0.1) is 0 Å². The van der Waals surface area contributed by atoms with Gasteiger partial charge in [0.25, 0.3) is 5.91 Å². The first-order chi connectivity index (χ1) is 10.5. The van der Waals surface area contributed by atoms with Crippen molar-refractivity contribution in [3.63, 3.8) is 0 Å². The van der Waals surface area contributed by atoms with Crippen molar-refractivity contribution in [1.82, 2.24) is 15.1 Å². The van der Waals surface area contributed by atoms with E-state index in [9.17, 15) is 9.59 Å². The zero-order valence-electron chi connectivity index (χ0n) is 12.0. The Balaban J connectivity index is 1.63. The summed E-state index contributed by atoms with van der Waals surface area (Å²) in [5, 5.41) is 3.76. The van der Waals surface area contributed by atoms with Crippen molar-refractivity contribution in [2.45, 2.75) is 12.5 Å². The highest BCUT2D eigenvalue weighted by Crippen LogP contribution is 2.21. The molecule has 0 spiro atoms. The smallest absolute Gasteiger partial charge is 0.254 e. The van der Waals surface area contributed by atoms with Crippen LogP contribution in [-0.2, 0) is 4.79 Å². The molecular weight excluding hydrogens is 325 g/mol. The number of nitrogens with zero attached hydrogens (tertiary/aromatic N) is 2. The number of nitrogens with one attached hydrogen (secondary N) is 1. The van der Waals surface area contributed by atoms with Crippen LogP contribution in [0.2, 0.25) is 10.0 Å². The van der Waals surface area contributed by atoms with E-state index in [1.165, 1.54) is 0 Å². The Hall–Kier alpha value is -1.30. The first-order valence-corrected chi connectivity index (χ1v) is 8.07. The summed E-state index contributed by atoms with van der Waals surface area (Å²) in [4.78, 5) is 28.2. The van der Waals surface area contributed by atoms with Crippen molar-refractivity contribution in [3.05, 3.63) is 33.8 Å². The van der Waals surface area contributed by atoms with Gasteiger partial charge >= 0.3 is 0 Å². The minimum atomic E-state index is -0.0695. The second kappa shape index (κ2) is 6.44. The van der Waals surface area contributed by atoms with E-state index < -0.39 is 0 Å². The molecule has 0 bridgehead atoms. The third-order valence-corrected chi connectivity index (χ3v) is 4.61. The van der Waals surface area contributed by atoms with E-state index in [1.807, 2.05) is 0 Å². The van der Waals surface area contributed by atoms with Gasteiger partial charge in [-0.15, -0.1) is 0 Å². The average molecular weight is 342 g/mol. The molecule has 0 unspecified atom stereocenters. The number of amides is 2. The maximum absolute atomic E-state index is 12.5. The van der Waals surface area contributed by atoms with Gasteiger partial charge in [0, 0.05) is 48.3 Å². The van der Waals surface area contributed by atoms with E-state index >= 15 is 0 Å². The van der Waals surface area contributed by atoms with E-state index in [0.29, 0.717) is 41.8 Å². The molecule has 1 aromatic rings. The van der Waals surface area contributed by atoms with Crippen LogP contribution >= 0.6 is 23.2 Å². The molecule has 1 N–H and O–H groups in total. The third-order valence-electron chi connectivity index (χ3n) is 4.17. The van der Waals surface area contributed by atoms with Crippen molar-refractivity contribution in [3.8, 4) is 0 Å². The van der Waals surface area contributed by atoms with Crippen LogP contribution in [0.3, 0.4) is 0 Å². The first kappa shape index (κ1) is 15.6. The fourth-order valence-corrected chi connectivity index (χ4v) is 3.55. The highest BCUT2D eigenvalue weighted by Gasteiger charge is 2.33. The van der Waals surface area contributed by atoms with E-state index in [0.717, 1.165) is 13.0 Å². The normalized spacial score (nSPS) is 22.7. The van der Waals surface area contributed by atoms with Gasteiger partial charge in [0.2, 0.25) is 5.91 Å². The second-order valence-corrected chi connectivity index (χ2v) is 6.45. The number of carbonyl (C=O) groups excluding carboxylic acids is 2. The molecule has 2 aliphatic rings. The van der Waals surface area contributed by atoms with Gasteiger partial charge in [-0.25, -0.2) is 0 Å².